The first-order valence-electron chi connectivity index (χ1n) is 6.79. The van der Waals surface area contributed by atoms with Crippen LogP contribution in [-0.2, 0) is 0 Å². The maximum Gasteiger partial charge on any atom is 0.293 e. The Bertz CT molecular complexity index is 490. The molecule has 1 aromatic carbocycles. The van der Waals surface area contributed by atoms with Crippen LogP contribution in [0.4, 0.5) is 11.4 Å². The Morgan fingerprint density at radius 2 is 2.10 bits per heavy atom. The lowest BCUT2D eigenvalue weighted by molar-refractivity contribution is -0.384. The van der Waals surface area contributed by atoms with Crippen LogP contribution in [0.5, 0.6) is 0 Å². The molecule has 0 amide bonds. The van der Waals surface area contributed by atoms with E-state index in [1.807, 2.05) is 17.8 Å². The quantitative estimate of drug-likeness (QED) is 0.604. The number of anilines is 1. The molecule has 2 rings (SSSR count). The molecular formula is C14H19BrN2O2S. The number of thioether (sulfide) groups is 1. The number of nitro groups is 1. The molecule has 1 aliphatic carbocycles. The summed E-state index contributed by atoms with van der Waals surface area (Å²) in [5.41, 5.74) is 0.739. The molecule has 0 saturated heterocycles. The van der Waals surface area contributed by atoms with Gasteiger partial charge in [-0.1, -0.05) is 35.2 Å². The normalized spacial score (nSPS) is 17.7. The van der Waals surface area contributed by atoms with Gasteiger partial charge in [0.1, 0.15) is 5.69 Å². The number of rotatable bonds is 5. The van der Waals surface area contributed by atoms with Gasteiger partial charge in [-0.15, -0.1) is 0 Å². The van der Waals surface area contributed by atoms with Crippen molar-refractivity contribution in [3.8, 4) is 0 Å². The summed E-state index contributed by atoms with van der Waals surface area (Å²) in [7, 11) is 0. The summed E-state index contributed by atoms with van der Waals surface area (Å²) in [6, 6.07) is 5.16. The molecule has 0 atom stereocenters. The van der Waals surface area contributed by atoms with Gasteiger partial charge in [-0.3, -0.25) is 10.1 Å². The van der Waals surface area contributed by atoms with Gasteiger partial charge in [-0.05, 0) is 31.2 Å². The van der Waals surface area contributed by atoms with Crippen LogP contribution in [0.25, 0.3) is 0 Å². The minimum Gasteiger partial charge on any atom is -0.378 e. The average Bonchev–Trinajstić information content (AvgIpc) is 2.47. The predicted octanol–water partition coefficient (Wildman–Crippen LogP) is 4.84. The van der Waals surface area contributed by atoms with E-state index in [9.17, 15) is 10.1 Å². The summed E-state index contributed by atoms with van der Waals surface area (Å²) in [5.74, 6) is 0. The summed E-state index contributed by atoms with van der Waals surface area (Å²) < 4.78 is 0.950. The highest BCUT2D eigenvalue weighted by Gasteiger charge is 2.31. The van der Waals surface area contributed by atoms with E-state index in [0.29, 0.717) is 5.69 Å². The third-order valence-electron chi connectivity index (χ3n) is 3.96. The van der Waals surface area contributed by atoms with Crippen LogP contribution >= 0.6 is 27.7 Å². The van der Waals surface area contributed by atoms with E-state index in [1.165, 1.54) is 32.1 Å². The summed E-state index contributed by atoms with van der Waals surface area (Å²) in [4.78, 5) is 10.8. The second kappa shape index (κ2) is 6.80. The second-order valence-electron chi connectivity index (χ2n) is 5.22. The van der Waals surface area contributed by atoms with Gasteiger partial charge in [0.25, 0.3) is 5.69 Å². The fourth-order valence-electron chi connectivity index (χ4n) is 2.71. The number of nitrogens with one attached hydrogen (secondary N) is 1. The molecule has 0 radical (unpaired) electrons. The van der Waals surface area contributed by atoms with Crippen molar-refractivity contribution in [3.05, 3.63) is 32.8 Å². The smallest absolute Gasteiger partial charge is 0.293 e. The molecule has 0 aromatic heterocycles. The Morgan fingerprint density at radius 3 is 2.70 bits per heavy atom. The molecule has 1 saturated carbocycles. The highest BCUT2D eigenvalue weighted by atomic mass is 79.9. The lowest BCUT2D eigenvalue weighted by Gasteiger charge is -2.36. The Balaban J connectivity index is 2.11. The number of benzene rings is 1. The van der Waals surface area contributed by atoms with Crippen LogP contribution in [0.15, 0.2) is 22.7 Å². The molecule has 0 aliphatic heterocycles. The first kappa shape index (κ1) is 15.6. The maximum atomic E-state index is 11.1. The third-order valence-corrected chi connectivity index (χ3v) is 5.87. The Morgan fingerprint density at radius 1 is 1.40 bits per heavy atom. The minimum absolute atomic E-state index is 0.131. The lowest BCUT2D eigenvalue weighted by Crippen LogP contribution is -2.35. The highest BCUT2D eigenvalue weighted by Crippen LogP contribution is 2.39. The number of hydrogen-bond donors (Lipinski definition) is 1. The minimum atomic E-state index is -0.334. The molecule has 0 heterocycles. The van der Waals surface area contributed by atoms with Crippen molar-refractivity contribution in [2.24, 2.45) is 0 Å². The molecule has 1 fully saturated rings. The molecule has 1 N–H and O–H groups in total. The van der Waals surface area contributed by atoms with E-state index >= 15 is 0 Å². The molecule has 20 heavy (non-hydrogen) atoms. The van der Waals surface area contributed by atoms with Gasteiger partial charge in [0, 0.05) is 21.8 Å². The molecule has 1 aromatic rings. The topological polar surface area (TPSA) is 55.2 Å². The van der Waals surface area contributed by atoms with E-state index in [1.54, 1.807) is 12.1 Å². The predicted molar refractivity (Wildman–Crippen MR) is 88.6 cm³/mol. The molecule has 4 nitrogen and oxygen atoms in total. The Labute approximate surface area is 132 Å². The fourth-order valence-corrected chi connectivity index (χ4v) is 3.97. The van der Waals surface area contributed by atoms with Crippen molar-refractivity contribution < 1.29 is 4.92 Å². The first-order chi connectivity index (χ1) is 9.56. The van der Waals surface area contributed by atoms with Crippen LogP contribution in [0.2, 0.25) is 0 Å². The van der Waals surface area contributed by atoms with E-state index in [-0.39, 0.29) is 15.4 Å². The van der Waals surface area contributed by atoms with E-state index < -0.39 is 0 Å². The van der Waals surface area contributed by atoms with Gasteiger partial charge in [-0.25, -0.2) is 0 Å². The summed E-state index contributed by atoms with van der Waals surface area (Å²) in [6.07, 6.45) is 8.33. The molecule has 0 unspecified atom stereocenters. The van der Waals surface area contributed by atoms with Gasteiger partial charge < -0.3 is 5.32 Å². The number of hydrogen-bond acceptors (Lipinski definition) is 4. The van der Waals surface area contributed by atoms with Crippen LogP contribution in [-0.4, -0.2) is 22.5 Å². The monoisotopic (exact) mass is 358 g/mol. The van der Waals surface area contributed by atoms with Gasteiger partial charge in [0.05, 0.1) is 4.92 Å². The van der Waals surface area contributed by atoms with Crippen molar-refractivity contribution in [3.63, 3.8) is 0 Å². The molecule has 1 aliphatic rings. The summed E-state index contributed by atoms with van der Waals surface area (Å²) in [5, 5.41) is 14.4. The van der Waals surface area contributed by atoms with Crippen LogP contribution in [0.3, 0.4) is 0 Å². The zero-order valence-electron chi connectivity index (χ0n) is 11.5. The first-order valence-corrected chi connectivity index (χ1v) is 8.81. The van der Waals surface area contributed by atoms with Crippen LogP contribution in [0.1, 0.15) is 32.1 Å². The van der Waals surface area contributed by atoms with Gasteiger partial charge in [-0.2, -0.15) is 11.8 Å². The second-order valence-corrected chi connectivity index (χ2v) is 7.41. The number of nitro benzene ring substituents is 1. The molecule has 0 spiro atoms. The standard InChI is InChI=1S/C14H19BrN2O2S/c1-20-14(7-3-2-4-8-14)10-16-12-6-5-11(15)9-13(12)17(18)19/h5-6,9,16H,2-4,7-8,10H2,1H3. The largest absolute Gasteiger partial charge is 0.378 e. The Hall–Kier alpha value is -0.750. The van der Waals surface area contributed by atoms with Crippen molar-refractivity contribution in [1.29, 1.82) is 0 Å². The van der Waals surface area contributed by atoms with Crippen LogP contribution < -0.4 is 5.32 Å². The summed E-state index contributed by atoms with van der Waals surface area (Å²) >= 11 is 5.17. The molecular weight excluding hydrogens is 340 g/mol. The van der Waals surface area contributed by atoms with Crippen LogP contribution in [0, 0.1) is 10.1 Å². The van der Waals surface area contributed by atoms with E-state index in [0.717, 1.165) is 11.0 Å². The summed E-state index contributed by atoms with van der Waals surface area (Å²) in [6.45, 7) is 0.788. The highest BCUT2D eigenvalue weighted by molar-refractivity contribution is 9.10. The van der Waals surface area contributed by atoms with Gasteiger partial charge in [0.15, 0.2) is 0 Å². The SMILES string of the molecule is CSC1(CNc2ccc(Br)cc2[N+](=O)[O-])CCCCC1. The number of nitrogens with zero attached hydrogens (tertiary/aromatic N) is 1. The average molecular weight is 359 g/mol. The van der Waals surface area contributed by atoms with Crippen molar-refractivity contribution in [2.75, 3.05) is 18.1 Å². The van der Waals surface area contributed by atoms with E-state index in [2.05, 4.69) is 27.5 Å². The zero-order valence-corrected chi connectivity index (χ0v) is 13.9. The van der Waals surface area contributed by atoms with Crippen molar-refractivity contribution >= 4 is 39.1 Å². The van der Waals surface area contributed by atoms with Gasteiger partial charge in [0.2, 0.25) is 0 Å². The molecule has 110 valence electrons. The molecule has 6 heteroatoms. The van der Waals surface area contributed by atoms with Crippen molar-refractivity contribution in [2.45, 2.75) is 36.9 Å². The maximum absolute atomic E-state index is 11.1. The molecule has 0 bridgehead atoms. The fraction of sp³-hybridized carbons (Fsp3) is 0.571. The lowest BCUT2D eigenvalue weighted by atomic mass is 9.88. The van der Waals surface area contributed by atoms with Crippen molar-refractivity contribution in [1.82, 2.24) is 0 Å². The Kier molecular flexibility index (Phi) is 5.32. The third kappa shape index (κ3) is 3.67. The number of halogens is 1. The van der Waals surface area contributed by atoms with E-state index in [4.69, 9.17) is 0 Å². The zero-order chi connectivity index (χ0) is 14.6. The van der Waals surface area contributed by atoms with Gasteiger partial charge >= 0.3 is 0 Å².